The fourth-order valence-corrected chi connectivity index (χ4v) is 3.77. The minimum atomic E-state index is 0.0463. The average molecular weight is 412 g/mol. The van der Waals surface area contributed by atoms with Crippen LogP contribution in [0.15, 0.2) is 53.9 Å². The summed E-state index contributed by atoms with van der Waals surface area (Å²) < 4.78 is 7.21. The Labute approximate surface area is 175 Å². The van der Waals surface area contributed by atoms with Crippen molar-refractivity contribution in [2.75, 3.05) is 26.5 Å². The van der Waals surface area contributed by atoms with E-state index in [1.807, 2.05) is 35.9 Å². The van der Waals surface area contributed by atoms with Gasteiger partial charge in [-0.15, -0.1) is 10.2 Å². The van der Waals surface area contributed by atoms with Crippen molar-refractivity contribution in [2.45, 2.75) is 25.2 Å². The lowest BCUT2D eigenvalue weighted by Crippen LogP contribution is -2.28. The van der Waals surface area contributed by atoms with E-state index in [4.69, 9.17) is 4.74 Å². The highest BCUT2D eigenvalue weighted by Gasteiger charge is 2.17. The molecule has 0 saturated heterocycles. The van der Waals surface area contributed by atoms with E-state index >= 15 is 0 Å². The maximum Gasteiger partial charge on any atom is 0.233 e. The second-order valence-electron chi connectivity index (χ2n) is 6.65. The molecular weight excluding hydrogens is 386 g/mol. The number of thioether (sulfide) groups is 1. The van der Waals surface area contributed by atoms with Crippen LogP contribution >= 0.6 is 11.8 Å². The lowest BCUT2D eigenvalue weighted by atomic mass is 10.1. The standard InChI is InChI=1S/C21H25N5O2S/c1-16-6-4-5-7-18(16)14-25(2)19(27)15-29-21-24-23-20(26(21)12-13-28-3)17-8-10-22-11-9-17/h4-11H,12-15H2,1-3H3. The molecule has 3 rings (SSSR count). The highest BCUT2D eigenvalue weighted by molar-refractivity contribution is 7.99. The number of aromatic nitrogens is 4. The molecule has 0 N–H and O–H groups in total. The molecule has 0 radical (unpaired) electrons. The molecule has 8 heteroatoms. The van der Waals surface area contributed by atoms with Crippen molar-refractivity contribution in [2.24, 2.45) is 0 Å². The van der Waals surface area contributed by atoms with Crippen molar-refractivity contribution in [3.8, 4) is 11.4 Å². The molecule has 152 valence electrons. The zero-order chi connectivity index (χ0) is 20.6. The maximum atomic E-state index is 12.6. The summed E-state index contributed by atoms with van der Waals surface area (Å²) in [5.41, 5.74) is 3.26. The lowest BCUT2D eigenvalue weighted by Gasteiger charge is -2.18. The van der Waals surface area contributed by atoms with Gasteiger partial charge in [0.2, 0.25) is 5.91 Å². The van der Waals surface area contributed by atoms with Gasteiger partial charge in [-0.1, -0.05) is 36.0 Å². The predicted molar refractivity (Wildman–Crippen MR) is 114 cm³/mol. The summed E-state index contributed by atoms with van der Waals surface area (Å²) in [7, 11) is 3.49. The smallest absolute Gasteiger partial charge is 0.233 e. The first-order valence-electron chi connectivity index (χ1n) is 9.34. The first kappa shape index (κ1) is 21.0. The van der Waals surface area contributed by atoms with E-state index in [9.17, 15) is 4.79 Å². The molecule has 0 aliphatic rings. The monoisotopic (exact) mass is 411 g/mol. The molecule has 7 nitrogen and oxygen atoms in total. The first-order valence-corrected chi connectivity index (χ1v) is 10.3. The third kappa shape index (κ3) is 5.42. The van der Waals surface area contributed by atoms with Crippen LogP contribution in [0.25, 0.3) is 11.4 Å². The second kappa shape index (κ2) is 10.2. The van der Waals surface area contributed by atoms with Gasteiger partial charge in [0.05, 0.1) is 18.9 Å². The zero-order valence-corrected chi connectivity index (χ0v) is 17.7. The Morgan fingerprint density at radius 1 is 1.17 bits per heavy atom. The Bertz CT molecular complexity index is 945. The van der Waals surface area contributed by atoms with Gasteiger partial charge in [0.15, 0.2) is 11.0 Å². The van der Waals surface area contributed by atoms with E-state index in [2.05, 4.69) is 34.2 Å². The van der Waals surface area contributed by atoms with E-state index in [0.29, 0.717) is 30.6 Å². The van der Waals surface area contributed by atoms with E-state index in [1.165, 1.54) is 17.3 Å². The summed E-state index contributed by atoms with van der Waals surface area (Å²) in [5.74, 6) is 1.08. The van der Waals surface area contributed by atoms with Crippen LogP contribution in [0.1, 0.15) is 11.1 Å². The number of nitrogens with zero attached hydrogens (tertiary/aromatic N) is 5. The number of carbonyl (C=O) groups excluding carboxylic acids is 1. The summed E-state index contributed by atoms with van der Waals surface area (Å²) in [6.45, 7) is 3.79. The number of rotatable bonds is 9. The molecule has 2 aromatic heterocycles. The van der Waals surface area contributed by atoms with Gasteiger partial charge in [0.1, 0.15) is 0 Å². The van der Waals surface area contributed by atoms with E-state index in [-0.39, 0.29) is 5.91 Å². The summed E-state index contributed by atoms with van der Waals surface area (Å²) in [5, 5.41) is 9.33. The molecule has 0 bridgehead atoms. The van der Waals surface area contributed by atoms with Crippen molar-refractivity contribution in [1.82, 2.24) is 24.6 Å². The van der Waals surface area contributed by atoms with E-state index in [0.717, 1.165) is 17.0 Å². The van der Waals surface area contributed by atoms with Crippen molar-refractivity contribution < 1.29 is 9.53 Å². The van der Waals surface area contributed by atoms with Gasteiger partial charge in [-0.2, -0.15) is 0 Å². The van der Waals surface area contributed by atoms with Crippen LogP contribution in [-0.4, -0.2) is 57.1 Å². The number of pyridine rings is 1. The van der Waals surface area contributed by atoms with Gasteiger partial charge in [0.25, 0.3) is 0 Å². The number of carbonyl (C=O) groups is 1. The predicted octanol–water partition coefficient (Wildman–Crippen LogP) is 3.05. The Kier molecular flexibility index (Phi) is 7.37. The van der Waals surface area contributed by atoms with Gasteiger partial charge < -0.3 is 9.64 Å². The Morgan fingerprint density at radius 2 is 1.93 bits per heavy atom. The van der Waals surface area contributed by atoms with Crippen LogP contribution in [0.2, 0.25) is 0 Å². The molecule has 0 saturated carbocycles. The molecule has 0 aliphatic carbocycles. The van der Waals surface area contributed by atoms with Crippen LogP contribution < -0.4 is 0 Å². The quantitative estimate of drug-likeness (QED) is 0.504. The van der Waals surface area contributed by atoms with Crippen molar-refractivity contribution in [3.63, 3.8) is 0 Å². The van der Waals surface area contributed by atoms with Gasteiger partial charge >= 0.3 is 0 Å². The van der Waals surface area contributed by atoms with Crippen molar-refractivity contribution in [1.29, 1.82) is 0 Å². The number of hydrogen-bond acceptors (Lipinski definition) is 6. The largest absolute Gasteiger partial charge is 0.383 e. The molecule has 1 aromatic carbocycles. The molecule has 0 fully saturated rings. The highest BCUT2D eigenvalue weighted by atomic mass is 32.2. The second-order valence-corrected chi connectivity index (χ2v) is 7.59. The number of hydrogen-bond donors (Lipinski definition) is 0. The van der Waals surface area contributed by atoms with Crippen LogP contribution in [-0.2, 0) is 22.6 Å². The van der Waals surface area contributed by atoms with Gasteiger partial charge in [-0.05, 0) is 30.2 Å². The summed E-state index contributed by atoms with van der Waals surface area (Å²) in [6, 6.07) is 11.9. The molecule has 0 unspecified atom stereocenters. The van der Waals surface area contributed by atoms with Crippen molar-refractivity contribution >= 4 is 17.7 Å². The number of amides is 1. The molecule has 0 aliphatic heterocycles. The summed E-state index contributed by atoms with van der Waals surface area (Å²) in [6.07, 6.45) is 3.45. The van der Waals surface area contributed by atoms with E-state index in [1.54, 1.807) is 24.4 Å². The highest BCUT2D eigenvalue weighted by Crippen LogP contribution is 2.24. The fraction of sp³-hybridized carbons (Fsp3) is 0.333. The lowest BCUT2D eigenvalue weighted by molar-refractivity contribution is -0.127. The third-order valence-electron chi connectivity index (χ3n) is 4.59. The number of aryl methyl sites for hydroxylation is 1. The van der Waals surface area contributed by atoms with E-state index < -0.39 is 0 Å². The third-order valence-corrected chi connectivity index (χ3v) is 5.55. The minimum absolute atomic E-state index is 0.0463. The Morgan fingerprint density at radius 3 is 2.66 bits per heavy atom. The average Bonchev–Trinajstić information content (AvgIpc) is 3.15. The SMILES string of the molecule is COCCn1c(SCC(=O)N(C)Cc2ccccc2C)nnc1-c1ccncc1. The van der Waals surface area contributed by atoms with Crippen LogP contribution in [0.5, 0.6) is 0 Å². The number of ether oxygens (including phenoxy) is 1. The van der Waals surface area contributed by atoms with Gasteiger partial charge in [-0.25, -0.2) is 0 Å². The molecular formula is C21H25N5O2S. The molecule has 1 amide bonds. The van der Waals surface area contributed by atoms with Crippen LogP contribution in [0, 0.1) is 6.92 Å². The maximum absolute atomic E-state index is 12.6. The molecule has 0 spiro atoms. The van der Waals surface area contributed by atoms with Gasteiger partial charge in [0, 0.05) is 38.7 Å². The zero-order valence-electron chi connectivity index (χ0n) is 16.9. The molecule has 29 heavy (non-hydrogen) atoms. The Hall–Kier alpha value is -2.71. The summed E-state index contributed by atoms with van der Waals surface area (Å²) >= 11 is 1.39. The number of benzene rings is 1. The fourth-order valence-electron chi connectivity index (χ4n) is 2.86. The molecule has 0 atom stereocenters. The Balaban J connectivity index is 1.68. The molecule has 3 aromatic rings. The minimum Gasteiger partial charge on any atom is -0.383 e. The van der Waals surface area contributed by atoms with Crippen LogP contribution in [0.3, 0.4) is 0 Å². The normalized spacial score (nSPS) is 10.9. The van der Waals surface area contributed by atoms with Crippen LogP contribution in [0.4, 0.5) is 0 Å². The van der Waals surface area contributed by atoms with Crippen molar-refractivity contribution in [3.05, 3.63) is 59.9 Å². The molecule has 2 heterocycles. The number of methoxy groups -OCH3 is 1. The van der Waals surface area contributed by atoms with Gasteiger partial charge in [-0.3, -0.25) is 14.3 Å². The first-order chi connectivity index (χ1) is 14.1. The summed E-state index contributed by atoms with van der Waals surface area (Å²) in [4.78, 5) is 18.4. The topological polar surface area (TPSA) is 73.1 Å².